The second kappa shape index (κ2) is 7.30. The van der Waals surface area contributed by atoms with Crippen molar-refractivity contribution in [1.82, 2.24) is 10.1 Å². The molecule has 0 spiro atoms. The molecule has 1 aromatic heterocycles. The molecule has 0 aliphatic carbocycles. The number of aliphatic hydroxyl groups is 2. The minimum atomic E-state index is -1.11. The SMILES string of the molecule is CCN(C(=O)c1cc(-c2cccc(F)c2)no1)[C@@H]1COC[C@@H](O)[C@H]1O. The van der Waals surface area contributed by atoms with E-state index in [1.807, 2.05) is 0 Å². The van der Waals surface area contributed by atoms with Crippen molar-refractivity contribution in [1.29, 1.82) is 0 Å². The fourth-order valence-corrected chi connectivity index (χ4v) is 2.87. The number of carbonyl (C=O) groups is 1. The first kappa shape index (κ1) is 17.5. The first-order chi connectivity index (χ1) is 12.0. The highest BCUT2D eigenvalue weighted by Crippen LogP contribution is 2.22. The molecule has 1 fully saturated rings. The maximum Gasteiger partial charge on any atom is 0.292 e. The second-order valence-corrected chi connectivity index (χ2v) is 5.84. The highest BCUT2D eigenvalue weighted by Gasteiger charge is 2.38. The Balaban J connectivity index is 1.82. The fraction of sp³-hybridized carbons (Fsp3) is 0.412. The summed E-state index contributed by atoms with van der Waals surface area (Å²) >= 11 is 0. The van der Waals surface area contributed by atoms with Crippen LogP contribution in [0.2, 0.25) is 0 Å². The minimum absolute atomic E-state index is 0.0233. The number of aliphatic hydroxyl groups excluding tert-OH is 2. The molecule has 0 saturated carbocycles. The van der Waals surface area contributed by atoms with Gasteiger partial charge in [-0.1, -0.05) is 17.3 Å². The molecule has 1 saturated heterocycles. The van der Waals surface area contributed by atoms with Crippen molar-refractivity contribution in [2.45, 2.75) is 25.2 Å². The number of benzene rings is 1. The maximum absolute atomic E-state index is 13.3. The molecule has 25 heavy (non-hydrogen) atoms. The molecule has 2 aromatic rings. The van der Waals surface area contributed by atoms with Crippen LogP contribution in [0.5, 0.6) is 0 Å². The van der Waals surface area contributed by atoms with Gasteiger partial charge in [0.15, 0.2) is 0 Å². The molecule has 3 rings (SSSR count). The Morgan fingerprint density at radius 2 is 2.16 bits per heavy atom. The average Bonchev–Trinajstić information content (AvgIpc) is 3.09. The third kappa shape index (κ3) is 3.55. The normalized spacial score (nSPS) is 23.4. The smallest absolute Gasteiger partial charge is 0.292 e. The molecule has 7 nitrogen and oxygen atoms in total. The van der Waals surface area contributed by atoms with Crippen molar-refractivity contribution in [3.63, 3.8) is 0 Å². The number of halogens is 1. The number of carbonyl (C=O) groups excluding carboxylic acids is 1. The first-order valence-electron chi connectivity index (χ1n) is 7.98. The van der Waals surface area contributed by atoms with E-state index in [1.165, 1.54) is 29.2 Å². The summed E-state index contributed by atoms with van der Waals surface area (Å²) < 4.78 is 23.7. The molecule has 0 radical (unpaired) electrons. The van der Waals surface area contributed by atoms with Gasteiger partial charge in [-0.15, -0.1) is 0 Å². The van der Waals surface area contributed by atoms with Gasteiger partial charge in [-0.25, -0.2) is 4.39 Å². The average molecular weight is 350 g/mol. The zero-order valence-corrected chi connectivity index (χ0v) is 13.6. The van der Waals surface area contributed by atoms with Crippen LogP contribution < -0.4 is 0 Å². The van der Waals surface area contributed by atoms with Crippen molar-refractivity contribution >= 4 is 5.91 Å². The highest BCUT2D eigenvalue weighted by molar-refractivity contribution is 5.92. The summed E-state index contributed by atoms with van der Waals surface area (Å²) in [5.41, 5.74) is 0.821. The van der Waals surface area contributed by atoms with Crippen molar-refractivity contribution in [2.24, 2.45) is 0 Å². The molecule has 2 N–H and O–H groups in total. The number of likely N-dealkylation sites (N-methyl/N-ethyl adjacent to an activating group) is 1. The van der Waals surface area contributed by atoms with Gasteiger partial charge < -0.3 is 24.4 Å². The number of rotatable bonds is 4. The zero-order chi connectivity index (χ0) is 18.0. The Labute approximate surface area is 143 Å². The van der Waals surface area contributed by atoms with Crippen LogP contribution in [0.15, 0.2) is 34.9 Å². The lowest BCUT2D eigenvalue weighted by atomic mass is 10.0. The molecular formula is C17H19FN2O5. The summed E-state index contributed by atoms with van der Waals surface area (Å²) in [4.78, 5) is 14.1. The van der Waals surface area contributed by atoms with Gasteiger partial charge in [0, 0.05) is 18.2 Å². The molecule has 1 aromatic carbocycles. The van der Waals surface area contributed by atoms with E-state index in [1.54, 1.807) is 13.0 Å². The Bertz CT molecular complexity index is 750. The van der Waals surface area contributed by atoms with Crippen LogP contribution in [-0.4, -0.2) is 64.2 Å². The number of aromatic nitrogens is 1. The zero-order valence-electron chi connectivity index (χ0n) is 13.6. The van der Waals surface area contributed by atoms with E-state index in [4.69, 9.17) is 9.26 Å². The molecular weight excluding hydrogens is 331 g/mol. The van der Waals surface area contributed by atoms with Crippen LogP contribution in [0.1, 0.15) is 17.5 Å². The molecule has 0 unspecified atom stereocenters. The first-order valence-corrected chi connectivity index (χ1v) is 7.98. The summed E-state index contributed by atoms with van der Waals surface area (Å²) in [6.45, 7) is 2.17. The topological polar surface area (TPSA) is 96.0 Å². The highest BCUT2D eigenvalue weighted by atomic mass is 19.1. The van der Waals surface area contributed by atoms with Gasteiger partial charge in [0.1, 0.15) is 23.7 Å². The lowest BCUT2D eigenvalue weighted by molar-refractivity contribution is -0.125. The molecule has 8 heteroatoms. The standard InChI is InChI=1S/C17H19FN2O5/c1-2-20(13-8-24-9-14(21)16(13)22)17(23)15-7-12(19-25-15)10-4-3-5-11(18)6-10/h3-7,13-14,16,21-22H,2,8-9H2,1H3/t13-,14-,16+/m1/s1. The van der Waals surface area contributed by atoms with E-state index < -0.39 is 30.0 Å². The number of hydrogen-bond acceptors (Lipinski definition) is 6. The Morgan fingerprint density at radius 1 is 1.36 bits per heavy atom. The summed E-state index contributed by atoms with van der Waals surface area (Å²) in [6, 6.07) is 6.52. The molecule has 1 aliphatic heterocycles. The monoisotopic (exact) mass is 350 g/mol. The quantitative estimate of drug-likeness (QED) is 0.856. The number of amides is 1. The van der Waals surface area contributed by atoms with E-state index in [-0.39, 0.29) is 25.5 Å². The lowest BCUT2D eigenvalue weighted by Crippen LogP contribution is -2.57. The number of nitrogens with zero attached hydrogens (tertiary/aromatic N) is 2. The van der Waals surface area contributed by atoms with Crippen molar-refractivity contribution < 1.29 is 28.7 Å². The number of ether oxygens (including phenoxy) is 1. The molecule has 3 atom stereocenters. The Kier molecular flexibility index (Phi) is 5.12. The van der Waals surface area contributed by atoms with Crippen LogP contribution in [0.3, 0.4) is 0 Å². The van der Waals surface area contributed by atoms with E-state index in [2.05, 4.69) is 5.16 Å². The van der Waals surface area contributed by atoms with Crippen LogP contribution in [-0.2, 0) is 4.74 Å². The minimum Gasteiger partial charge on any atom is -0.388 e. The van der Waals surface area contributed by atoms with Gasteiger partial charge in [-0.05, 0) is 19.1 Å². The maximum atomic E-state index is 13.3. The van der Waals surface area contributed by atoms with Gasteiger partial charge in [-0.3, -0.25) is 4.79 Å². The molecule has 0 bridgehead atoms. The molecule has 1 aliphatic rings. The largest absolute Gasteiger partial charge is 0.388 e. The van der Waals surface area contributed by atoms with Crippen LogP contribution in [0.25, 0.3) is 11.3 Å². The van der Waals surface area contributed by atoms with Gasteiger partial charge in [0.05, 0.1) is 19.3 Å². The molecule has 134 valence electrons. The van der Waals surface area contributed by atoms with E-state index in [0.29, 0.717) is 11.3 Å². The molecule has 1 amide bonds. The summed E-state index contributed by atoms with van der Waals surface area (Å²) in [5, 5.41) is 23.7. The third-order valence-electron chi connectivity index (χ3n) is 4.21. The van der Waals surface area contributed by atoms with E-state index >= 15 is 0 Å². The van der Waals surface area contributed by atoms with Gasteiger partial charge in [0.2, 0.25) is 5.76 Å². The van der Waals surface area contributed by atoms with Crippen LogP contribution >= 0.6 is 0 Å². The van der Waals surface area contributed by atoms with Gasteiger partial charge >= 0.3 is 0 Å². The predicted molar refractivity (Wildman–Crippen MR) is 85.2 cm³/mol. The summed E-state index contributed by atoms with van der Waals surface area (Å²) in [5.74, 6) is -0.937. The van der Waals surface area contributed by atoms with Crippen molar-refractivity contribution in [3.8, 4) is 11.3 Å². The predicted octanol–water partition coefficient (Wildman–Crippen LogP) is 1.06. The van der Waals surface area contributed by atoms with Crippen LogP contribution in [0, 0.1) is 5.82 Å². The number of hydrogen-bond donors (Lipinski definition) is 2. The van der Waals surface area contributed by atoms with E-state index in [0.717, 1.165) is 0 Å². The molecule has 2 heterocycles. The Morgan fingerprint density at radius 3 is 2.88 bits per heavy atom. The summed E-state index contributed by atoms with van der Waals surface area (Å²) in [6.07, 6.45) is -2.17. The summed E-state index contributed by atoms with van der Waals surface area (Å²) in [7, 11) is 0. The van der Waals surface area contributed by atoms with Gasteiger partial charge in [-0.2, -0.15) is 0 Å². The fourth-order valence-electron chi connectivity index (χ4n) is 2.87. The van der Waals surface area contributed by atoms with Gasteiger partial charge in [0.25, 0.3) is 5.91 Å². The Hall–Kier alpha value is -2.29. The van der Waals surface area contributed by atoms with Crippen molar-refractivity contribution in [3.05, 3.63) is 41.9 Å². The lowest BCUT2D eigenvalue weighted by Gasteiger charge is -2.38. The third-order valence-corrected chi connectivity index (χ3v) is 4.21. The van der Waals surface area contributed by atoms with E-state index in [9.17, 15) is 19.4 Å². The second-order valence-electron chi connectivity index (χ2n) is 5.84. The van der Waals surface area contributed by atoms with Crippen molar-refractivity contribution in [2.75, 3.05) is 19.8 Å². The van der Waals surface area contributed by atoms with Crippen LogP contribution in [0.4, 0.5) is 4.39 Å².